The second-order valence-electron chi connectivity index (χ2n) is 6.00. The smallest absolute Gasteiger partial charge is 0.282 e. The Morgan fingerprint density at radius 2 is 1.62 bits per heavy atom. The van der Waals surface area contributed by atoms with Crippen molar-refractivity contribution in [3.05, 3.63) is 66.0 Å². The lowest BCUT2D eigenvalue weighted by Crippen LogP contribution is -2.09. The van der Waals surface area contributed by atoms with Gasteiger partial charge in [0.05, 0.1) is 31.8 Å². The van der Waals surface area contributed by atoms with Gasteiger partial charge in [-0.1, -0.05) is 18.2 Å². The topological polar surface area (TPSA) is 134 Å². The molecule has 2 aliphatic rings. The van der Waals surface area contributed by atoms with Crippen LogP contribution in [0.4, 0.5) is 5.69 Å². The first kappa shape index (κ1) is 19.6. The number of fused-ring (bicyclic) bond motifs is 2. The van der Waals surface area contributed by atoms with E-state index in [0.29, 0.717) is 11.1 Å². The zero-order valence-corrected chi connectivity index (χ0v) is 16.9. The minimum atomic E-state index is -4.98. The van der Waals surface area contributed by atoms with Gasteiger partial charge in [-0.3, -0.25) is 9.11 Å². The van der Waals surface area contributed by atoms with Gasteiger partial charge in [0.25, 0.3) is 20.2 Å². The number of benzene rings is 3. The molecule has 0 radical (unpaired) electrons. The fourth-order valence-corrected chi connectivity index (χ4v) is 5.75. The van der Waals surface area contributed by atoms with E-state index in [2.05, 4.69) is 9.98 Å². The van der Waals surface area contributed by atoms with Gasteiger partial charge in [0.15, 0.2) is 0 Å². The SMILES string of the molecule is O=S(=O)(O)c1cccc(N=c2ccc3nc4ccccc4sc-3c2)c1S(=O)(=O)O. The van der Waals surface area contributed by atoms with E-state index < -0.39 is 30.0 Å². The van der Waals surface area contributed by atoms with Crippen molar-refractivity contribution in [3.63, 3.8) is 0 Å². The molecular weight excluding hydrogens is 436 g/mol. The van der Waals surface area contributed by atoms with Crippen molar-refractivity contribution < 1.29 is 25.9 Å². The zero-order valence-electron chi connectivity index (χ0n) is 14.4. The lowest BCUT2D eigenvalue weighted by molar-refractivity contribution is 0.467. The normalized spacial score (nSPS) is 13.2. The van der Waals surface area contributed by atoms with Crippen LogP contribution < -0.4 is 5.36 Å². The van der Waals surface area contributed by atoms with Crippen LogP contribution in [0.2, 0.25) is 0 Å². The standard InChI is InChI=1S/C18H12N2O6S3/c21-28(22,23)17-7-3-5-14(18(17)29(24,25)26)19-11-8-9-13-16(10-11)27-15-6-2-1-4-12(15)20-13/h1-10H,(H,21,22,23)(H,24,25,26). The Balaban J connectivity index is 1.98. The summed E-state index contributed by atoms with van der Waals surface area (Å²) >= 11 is 1.47. The average molecular weight is 449 g/mol. The number of para-hydroxylation sites is 1. The second-order valence-corrected chi connectivity index (χ2v) is 9.83. The highest BCUT2D eigenvalue weighted by Gasteiger charge is 2.27. The maximum absolute atomic E-state index is 11.8. The van der Waals surface area contributed by atoms with Gasteiger partial charge in [0.2, 0.25) is 0 Å². The molecule has 0 bridgehead atoms. The fraction of sp³-hybridized carbons (Fsp3) is 0. The van der Waals surface area contributed by atoms with E-state index in [0.717, 1.165) is 21.2 Å². The average Bonchev–Trinajstić information content (AvgIpc) is 2.64. The molecule has 11 heteroatoms. The van der Waals surface area contributed by atoms with Gasteiger partial charge >= 0.3 is 0 Å². The minimum absolute atomic E-state index is 0.319. The number of hydrogen-bond donors (Lipinski definition) is 2. The van der Waals surface area contributed by atoms with Crippen LogP contribution in [0.5, 0.6) is 0 Å². The first-order valence-electron chi connectivity index (χ1n) is 8.05. The summed E-state index contributed by atoms with van der Waals surface area (Å²) in [6.07, 6.45) is 0. The molecule has 2 aromatic carbocycles. The maximum Gasteiger partial charge on any atom is 0.298 e. The summed E-state index contributed by atoms with van der Waals surface area (Å²) in [6, 6.07) is 15.9. The molecular formula is C18H12N2O6S3. The predicted molar refractivity (Wildman–Crippen MR) is 108 cm³/mol. The summed E-state index contributed by atoms with van der Waals surface area (Å²) in [5.41, 5.74) is 1.24. The zero-order chi connectivity index (χ0) is 20.8. The molecule has 29 heavy (non-hydrogen) atoms. The quantitative estimate of drug-likeness (QED) is 0.363. The number of hydrogen-bond acceptors (Lipinski definition) is 7. The molecule has 148 valence electrons. The largest absolute Gasteiger partial charge is 0.298 e. The third kappa shape index (κ3) is 3.91. The van der Waals surface area contributed by atoms with Crippen LogP contribution in [0.15, 0.2) is 75.4 Å². The van der Waals surface area contributed by atoms with Gasteiger partial charge in [-0.2, -0.15) is 16.8 Å². The lowest BCUT2D eigenvalue weighted by Gasteiger charge is -2.08. The minimum Gasteiger partial charge on any atom is -0.282 e. The van der Waals surface area contributed by atoms with E-state index in [1.54, 1.807) is 18.2 Å². The highest BCUT2D eigenvalue weighted by Crippen LogP contribution is 2.32. The first-order chi connectivity index (χ1) is 13.6. The molecule has 1 aliphatic carbocycles. The third-order valence-electron chi connectivity index (χ3n) is 4.01. The molecule has 0 unspecified atom stereocenters. The molecule has 0 atom stereocenters. The van der Waals surface area contributed by atoms with Gasteiger partial charge in [0.1, 0.15) is 9.79 Å². The Hall–Kier alpha value is -2.70. The van der Waals surface area contributed by atoms with E-state index in [1.807, 2.05) is 24.3 Å². The van der Waals surface area contributed by atoms with E-state index >= 15 is 0 Å². The number of aromatic nitrogens is 1. The van der Waals surface area contributed by atoms with Crippen molar-refractivity contribution in [2.45, 2.75) is 9.79 Å². The molecule has 2 aromatic rings. The first-order valence-corrected chi connectivity index (χ1v) is 11.7. The van der Waals surface area contributed by atoms with Crippen molar-refractivity contribution in [1.82, 2.24) is 4.98 Å². The summed E-state index contributed by atoms with van der Waals surface area (Å²) in [7, 11) is -9.88. The Labute approximate surface area is 169 Å². The Kier molecular flexibility index (Phi) is 4.71. The molecule has 0 amide bonds. The van der Waals surface area contributed by atoms with Gasteiger partial charge in [-0.15, -0.1) is 11.3 Å². The van der Waals surface area contributed by atoms with Crippen molar-refractivity contribution in [2.24, 2.45) is 4.99 Å². The summed E-state index contributed by atoms with van der Waals surface area (Å²) in [6.45, 7) is 0. The van der Waals surface area contributed by atoms with Crippen LogP contribution >= 0.6 is 11.3 Å². The molecule has 0 saturated heterocycles. The summed E-state index contributed by atoms with van der Waals surface area (Å²) in [5.74, 6) is 0. The van der Waals surface area contributed by atoms with Crippen molar-refractivity contribution >= 4 is 47.5 Å². The lowest BCUT2D eigenvalue weighted by atomic mass is 10.2. The van der Waals surface area contributed by atoms with Crippen molar-refractivity contribution in [3.8, 4) is 10.6 Å². The van der Waals surface area contributed by atoms with Gasteiger partial charge in [0, 0.05) is 0 Å². The molecule has 0 saturated carbocycles. The van der Waals surface area contributed by atoms with Crippen molar-refractivity contribution in [1.29, 1.82) is 0 Å². The number of nitrogens with zero attached hydrogens (tertiary/aromatic N) is 2. The van der Waals surface area contributed by atoms with Crippen LogP contribution in [0, 0.1) is 0 Å². The molecule has 1 heterocycles. The molecule has 2 N–H and O–H groups in total. The molecule has 4 rings (SSSR count). The van der Waals surface area contributed by atoms with E-state index in [4.69, 9.17) is 0 Å². The Morgan fingerprint density at radius 1 is 0.862 bits per heavy atom. The highest BCUT2D eigenvalue weighted by atomic mass is 32.2. The van der Waals surface area contributed by atoms with Gasteiger partial charge in [-0.25, -0.2) is 9.98 Å². The summed E-state index contributed by atoms with van der Waals surface area (Å²) in [4.78, 5) is 7.58. The van der Waals surface area contributed by atoms with Gasteiger partial charge < -0.3 is 0 Å². The van der Waals surface area contributed by atoms with E-state index in [9.17, 15) is 25.9 Å². The van der Waals surface area contributed by atoms with Crippen molar-refractivity contribution in [2.75, 3.05) is 0 Å². The van der Waals surface area contributed by atoms with E-state index in [1.165, 1.54) is 23.5 Å². The second kappa shape index (κ2) is 6.97. The molecule has 1 aliphatic heterocycles. The molecule has 0 spiro atoms. The predicted octanol–water partition coefficient (Wildman–Crippen LogP) is 3.13. The maximum atomic E-state index is 11.8. The molecule has 0 fully saturated rings. The summed E-state index contributed by atoms with van der Waals surface area (Å²) in [5, 5.41) is 0.322. The van der Waals surface area contributed by atoms with Crippen LogP contribution in [0.1, 0.15) is 0 Å². The van der Waals surface area contributed by atoms with Crippen LogP contribution in [-0.2, 0) is 20.2 Å². The van der Waals surface area contributed by atoms with E-state index in [-0.39, 0.29) is 5.69 Å². The van der Waals surface area contributed by atoms with Crippen LogP contribution in [0.25, 0.3) is 20.8 Å². The fourth-order valence-electron chi connectivity index (χ4n) is 2.82. The highest BCUT2D eigenvalue weighted by molar-refractivity contribution is 7.89. The Bertz CT molecular complexity index is 1510. The third-order valence-corrected chi connectivity index (χ3v) is 7.10. The van der Waals surface area contributed by atoms with Crippen LogP contribution in [0.3, 0.4) is 0 Å². The Morgan fingerprint density at radius 3 is 2.34 bits per heavy atom. The van der Waals surface area contributed by atoms with Gasteiger partial charge in [-0.05, 0) is 42.5 Å². The molecule has 8 nitrogen and oxygen atoms in total. The molecule has 0 aromatic heterocycles. The van der Waals surface area contributed by atoms with Crippen LogP contribution in [-0.4, -0.2) is 30.9 Å². The number of rotatable bonds is 3. The summed E-state index contributed by atoms with van der Waals surface area (Å²) < 4.78 is 66.4. The monoisotopic (exact) mass is 448 g/mol.